The zero-order valence-corrected chi connectivity index (χ0v) is 22.5. The van der Waals surface area contributed by atoms with E-state index in [0.717, 1.165) is 24.3 Å². The molecule has 1 aliphatic rings. The zero-order valence-electron chi connectivity index (χ0n) is 22.5. The highest BCUT2D eigenvalue weighted by atomic mass is 19.1. The van der Waals surface area contributed by atoms with Crippen molar-refractivity contribution in [3.63, 3.8) is 0 Å². The molecule has 0 saturated carbocycles. The van der Waals surface area contributed by atoms with Crippen LogP contribution in [0.1, 0.15) is 61.8 Å². The molecule has 1 fully saturated rings. The fourth-order valence-electron chi connectivity index (χ4n) is 4.50. The van der Waals surface area contributed by atoms with E-state index in [1.54, 1.807) is 40.0 Å². The number of amides is 1. The van der Waals surface area contributed by atoms with Gasteiger partial charge in [0.2, 0.25) is 5.91 Å². The van der Waals surface area contributed by atoms with Crippen molar-refractivity contribution in [3.05, 3.63) is 77.0 Å². The Hall–Kier alpha value is -3.67. The Kier molecular flexibility index (Phi) is 8.38. The van der Waals surface area contributed by atoms with Crippen LogP contribution < -0.4 is 11.1 Å². The third kappa shape index (κ3) is 5.91. The highest BCUT2D eigenvalue weighted by molar-refractivity contribution is 5.96. The van der Waals surface area contributed by atoms with Gasteiger partial charge in [0, 0.05) is 36.5 Å². The molecule has 4 N–H and O–H groups in total. The van der Waals surface area contributed by atoms with Crippen LogP contribution in [0.4, 0.5) is 18.9 Å². The molecule has 0 radical (unpaired) electrons. The van der Waals surface area contributed by atoms with Crippen LogP contribution in [-0.2, 0) is 16.0 Å². The van der Waals surface area contributed by atoms with Gasteiger partial charge in [0.25, 0.3) is 0 Å². The molecular weight excluding hydrogens is 525 g/mol. The van der Waals surface area contributed by atoms with Gasteiger partial charge in [-0.3, -0.25) is 14.6 Å². The minimum Gasteiger partial charge on any atom is -0.386 e. The maximum Gasteiger partial charge on any atom is 0.226 e. The fourth-order valence-corrected chi connectivity index (χ4v) is 4.50. The minimum atomic E-state index is -1.23. The van der Waals surface area contributed by atoms with Gasteiger partial charge < -0.3 is 20.9 Å². The van der Waals surface area contributed by atoms with Crippen molar-refractivity contribution in [2.45, 2.75) is 64.4 Å². The summed E-state index contributed by atoms with van der Waals surface area (Å²) in [6.07, 6.45) is 2.05. The Morgan fingerprint density at radius 2 is 1.85 bits per heavy atom. The number of ether oxygens (including phenoxy) is 1. The second-order valence-corrected chi connectivity index (χ2v) is 10.5. The van der Waals surface area contributed by atoms with Crippen LogP contribution in [0.2, 0.25) is 0 Å². The largest absolute Gasteiger partial charge is 0.386 e. The predicted molar refractivity (Wildman–Crippen MR) is 142 cm³/mol. The molecule has 1 amide bonds. The molecule has 212 valence electrons. The maximum atomic E-state index is 15.0. The van der Waals surface area contributed by atoms with Gasteiger partial charge in [-0.15, -0.1) is 0 Å². The summed E-state index contributed by atoms with van der Waals surface area (Å²) in [7, 11) is 0. The van der Waals surface area contributed by atoms with Crippen molar-refractivity contribution in [3.8, 4) is 11.3 Å². The SMILES string of the molecule is CC(C)C(=O)Nc1cc(F)c(-c2nc(C(=O)Cc3cnccc3[C@H]3C[C@@H](N)[C@](C)(O)[C@@H](C)O3)ccc2F)c(F)c1. The quantitative estimate of drug-likeness (QED) is 0.366. The van der Waals surface area contributed by atoms with Gasteiger partial charge in [0.05, 0.1) is 17.8 Å². The van der Waals surface area contributed by atoms with Gasteiger partial charge in [0.15, 0.2) is 5.78 Å². The Morgan fingerprint density at radius 1 is 1.18 bits per heavy atom. The highest BCUT2D eigenvalue weighted by Gasteiger charge is 2.43. The number of rotatable bonds is 7. The summed E-state index contributed by atoms with van der Waals surface area (Å²) in [5.74, 6) is -4.75. The molecule has 3 aromatic rings. The lowest BCUT2D eigenvalue weighted by molar-refractivity contribution is -0.171. The molecule has 40 heavy (non-hydrogen) atoms. The van der Waals surface area contributed by atoms with E-state index >= 15 is 0 Å². The van der Waals surface area contributed by atoms with Gasteiger partial charge in [-0.2, -0.15) is 0 Å². The second-order valence-electron chi connectivity index (χ2n) is 10.5. The number of pyridine rings is 2. The van der Waals surface area contributed by atoms with Crippen molar-refractivity contribution in [1.29, 1.82) is 0 Å². The van der Waals surface area contributed by atoms with Crippen molar-refractivity contribution in [2.75, 3.05) is 5.32 Å². The van der Waals surface area contributed by atoms with Gasteiger partial charge >= 0.3 is 0 Å². The lowest BCUT2D eigenvalue weighted by atomic mass is 9.82. The molecule has 0 aliphatic carbocycles. The Balaban J connectivity index is 1.61. The minimum absolute atomic E-state index is 0.130. The molecule has 1 aromatic carbocycles. The third-order valence-electron chi connectivity index (χ3n) is 7.25. The van der Waals surface area contributed by atoms with Gasteiger partial charge in [-0.1, -0.05) is 13.8 Å². The number of hydrogen-bond donors (Lipinski definition) is 3. The van der Waals surface area contributed by atoms with E-state index in [1.165, 1.54) is 6.20 Å². The average Bonchev–Trinajstić information content (AvgIpc) is 2.88. The van der Waals surface area contributed by atoms with Crippen LogP contribution in [0.25, 0.3) is 11.3 Å². The first-order chi connectivity index (χ1) is 18.8. The number of anilines is 1. The molecule has 1 saturated heterocycles. The van der Waals surface area contributed by atoms with Crippen LogP contribution in [0.3, 0.4) is 0 Å². The number of nitrogens with two attached hydrogens (primary N) is 1. The van der Waals surface area contributed by atoms with E-state index in [-0.39, 0.29) is 17.8 Å². The number of hydrogen-bond acceptors (Lipinski definition) is 7. The first kappa shape index (κ1) is 29.3. The van der Waals surface area contributed by atoms with Crippen molar-refractivity contribution >= 4 is 17.4 Å². The molecule has 2 aromatic heterocycles. The van der Waals surface area contributed by atoms with Gasteiger partial charge in [-0.25, -0.2) is 18.2 Å². The van der Waals surface area contributed by atoms with Crippen LogP contribution in [0.15, 0.2) is 42.7 Å². The normalized spacial score (nSPS) is 22.8. The number of aliphatic hydroxyl groups is 1. The lowest BCUT2D eigenvalue weighted by Crippen LogP contribution is -2.58. The number of carbonyl (C=O) groups is 2. The topological polar surface area (TPSA) is 127 Å². The summed E-state index contributed by atoms with van der Waals surface area (Å²) in [5.41, 5.74) is 4.35. The first-order valence-electron chi connectivity index (χ1n) is 12.9. The van der Waals surface area contributed by atoms with E-state index in [9.17, 15) is 27.9 Å². The lowest BCUT2D eigenvalue weighted by Gasteiger charge is -2.44. The van der Waals surface area contributed by atoms with E-state index in [2.05, 4.69) is 15.3 Å². The summed E-state index contributed by atoms with van der Waals surface area (Å²) in [5, 5.41) is 13.0. The van der Waals surface area contributed by atoms with Crippen molar-refractivity contribution in [2.24, 2.45) is 11.7 Å². The number of benzene rings is 1. The molecule has 0 unspecified atom stereocenters. The van der Waals surface area contributed by atoms with Gasteiger partial charge in [0.1, 0.15) is 34.4 Å². The van der Waals surface area contributed by atoms with Crippen LogP contribution >= 0.6 is 0 Å². The number of aromatic nitrogens is 2. The molecule has 3 heterocycles. The molecule has 4 rings (SSSR count). The molecule has 1 aliphatic heterocycles. The van der Waals surface area contributed by atoms with Gasteiger partial charge in [-0.05, 0) is 61.7 Å². The summed E-state index contributed by atoms with van der Waals surface area (Å²) < 4.78 is 50.6. The first-order valence-corrected chi connectivity index (χ1v) is 12.9. The number of ketones is 1. The Morgan fingerprint density at radius 3 is 2.48 bits per heavy atom. The number of Topliss-reactive ketones (excluding diaryl/α,β-unsaturated/α-hetero) is 1. The van der Waals surface area contributed by atoms with E-state index in [0.29, 0.717) is 17.5 Å². The zero-order chi connectivity index (χ0) is 29.4. The summed E-state index contributed by atoms with van der Waals surface area (Å²) in [6.45, 7) is 6.56. The van der Waals surface area contributed by atoms with Crippen molar-refractivity contribution in [1.82, 2.24) is 9.97 Å². The Bertz CT molecular complexity index is 1410. The summed E-state index contributed by atoms with van der Waals surface area (Å²) >= 11 is 0. The smallest absolute Gasteiger partial charge is 0.226 e. The van der Waals surface area contributed by atoms with Crippen LogP contribution in [-0.4, -0.2) is 44.5 Å². The Labute approximate surface area is 229 Å². The van der Waals surface area contributed by atoms with Crippen LogP contribution in [0, 0.1) is 23.4 Å². The summed E-state index contributed by atoms with van der Waals surface area (Å²) in [6, 6.07) is 4.90. The molecule has 0 spiro atoms. The molecular formula is C29H31F3N4O4. The monoisotopic (exact) mass is 556 g/mol. The number of nitrogens with zero attached hydrogens (tertiary/aromatic N) is 2. The third-order valence-corrected chi connectivity index (χ3v) is 7.25. The van der Waals surface area contributed by atoms with E-state index in [4.69, 9.17) is 10.5 Å². The molecule has 8 nitrogen and oxygen atoms in total. The second kappa shape index (κ2) is 11.4. The number of nitrogens with one attached hydrogen (secondary N) is 1. The molecule has 4 atom stereocenters. The van der Waals surface area contributed by atoms with E-state index in [1.807, 2.05) is 0 Å². The predicted octanol–water partition coefficient (Wildman–Crippen LogP) is 4.51. The number of halogens is 3. The standard InChI is InChI=1S/C29H31F3N4O4/c1-14(2)28(38)35-17-10-20(31)26(21(32)11-17)27-19(30)5-6-22(36-27)23(37)9-16-13-34-8-7-18(16)24-12-25(33)29(4,39)15(3)40-24/h5-8,10-11,13-15,24-25,39H,9,12,33H2,1-4H3,(H,35,38)/t15-,24-,25-,29-/m1/s1. The molecule has 11 heteroatoms. The highest BCUT2D eigenvalue weighted by Crippen LogP contribution is 2.37. The molecule has 0 bridgehead atoms. The van der Waals surface area contributed by atoms with Crippen molar-refractivity contribution < 1.29 is 32.6 Å². The fraction of sp³-hybridized carbons (Fsp3) is 0.379. The average molecular weight is 557 g/mol. The number of carbonyl (C=O) groups excluding carboxylic acids is 2. The van der Waals surface area contributed by atoms with E-state index < -0.39 is 70.2 Å². The van der Waals surface area contributed by atoms with Crippen LogP contribution in [0.5, 0.6) is 0 Å². The maximum absolute atomic E-state index is 15.0. The summed E-state index contributed by atoms with van der Waals surface area (Å²) in [4.78, 5) is 33.2.